The predicted octanol–water partition coefficient (Wildman–Crippen LogP) is -0.242. The third-order valence-corrected chi connectivity index (χ3v) is 6.71. The van der Waals surface area contributed by atoms with Crippen LogP contribution in [0.4, 0.5) is 5.69 Å². The van der Waals surface area contributed by atoms with E-state index in [0.717, 1.165) is 27.3 Å². The smallest absolute Gasteiger partial charge is 0.279 e. The SMILES string of the molecule is Cc1cc(C)c(NC(=O)C[NH+](C)CC(=O)N[C@@]2(C)CCS(=O)(=O)C2)c(C)c1. The summed E-state index contributed by atoms with van der Waals surface area (Å²) in [6.45, 7) is 7.93. The second kappa shape index (κ2) is 7.98. The number of aryl methyl sites for hydroxylation is 3. The lowest BCUT2D eigenvalue weighted by Gasteiger charge is -2.24. The number of carbonyl (C=O) groups is 2. The number of nitrogens with one attached hydrogen (secondary N) is 3. The highest BCUT2D eigenvalue weighted by Crippen LogP contribution is 2.23. The molecule has 2 amide bonds. The Morgan fingerprint density at radius 3 is 2.19 bits per heavy atom. The highest BCUT2D eigenvalue weighted by molar-refractivity contribution is 7.91. The average Bonchev–Trinajstić information content (AvgIpc) is 2.75. The van der Waals surface area contributed by atoms with Crippen molar-refractivity contribution in [3.05, 3.63) is 28.8 Å². The first-order chi connectivity index (χ1) is 12.4. The molecule has 0 bridgehead atoms. The summed E-state index contributed by atoms with van der Waals surface area (Å²) in [5.41, 5.74) is 3.25. The number of likely N-dealkylation sites (N-methyl/N-ethyl adjacent to an activating group) is 1. The Balaban J connectivity index is 1.87. The maximum absolute atomic E-state index is 12.3. The number of carbonyl (C=O) groups excluding carboxylic acids is 2. The van der Waals surface area contributed by atoms with Gasteiger partial charge in [0.15, 0.2) is 22.9 Å². The van der Waals surface area contributed by atoms with Crippen LogP contribution in [0.5, 0.6) is 0 Å². The van der Waals surface area contributed by atoms with E-state index >= 15 is 0 Å². The molecule has 8 heteroatoms. The summed E-state index contributed by atoms with van der Waals surface area (Å²) < 4.78 is 23.3. The zero-order chi connectivity index (χ0) is 20.4. The minimum absolute atomic E-state index is 0.0305. The van der Waals surface area contributed by atoms with Crippen molar-refractivity contribution >= 4 is 27.3 Å². The van der Waals surface area contributed by atoms with Crippen LogP contribution < -0.4 is 15.5 Å². The van der Waals surface area contributed by atoms with E-state index in [4.69, 9.17) is 0 Å². The van der Waals surface area contributed by atoms with E-state index in [9.17, 15) is 18.0 Å². The monoisotopic (exact) mass is 396 g/mol. The van der Waals surface area contributed by atoms with Crippen LogP contribution >= 0.6 is 0 Å². The van der Waals surface area contributed by atoms with Crippen LogP contribution in [0, 0.1) is 20.8 Å². The molecule has 1 heterocycles. The molecular formula is C19H30N3O4S+. The van der Waals surface area contributed by atoms with Gasteiger partial charge in [-0.1, -0.05) is 17.7 Å². The third-order valence-electron chi connectivity index (χ3n) is 4.81. The number of hydrogen-bond donors (Lipinski definition) is 3. The van der Waals surface area contributed by atoms with Gasteiger partial charge < -0.3 is 15.5 Å². The standard InChI is InChI=1S/C19H29N3O4S/c1-13-8-14(2)18(15(3)9-13)20-16(23)10-22(5)11-17(24)21-19(4)6-7-27(25,26)12-19/h8-9H,6-7,10-12H2,1-5H3,(H,20,23)(H,21,24)/p+1/t19-/m0/s1. The first-order valence-electron chi connectivity index (χ1n) is 9.09. The highest BCUT2D eigenvalue weighted by atomic mass is 32.2. The Morgan fingerprint density at radius 2 is 1.67 bits per heavy atom. The second-order valence-corrected chi connectivity index (χ2v) is 10.3. The fourth-order valence-corrected chi connectivity index (χ4v) is 5.75. The Kier molecular flexibility index (Phi) is 6.32. The predicted molar refractivity (Wildman–Crippen MR) is 106 cm³/mol. The van der Waals surface area contributed by atoms with Crippen molar-refractivity contribution in [2.45, 2.75) is 39.7 Å². The zero-order valence-corrected chi connectivity index (χ0v) is 17.5. The third kappa shape index (κ3) is 6.04. The van der Waals surface area contributed by atoms with E-state index in [1.54, 1.807) is 14.0 Å². The molecule has 0 spiro atoms. The molecule has 2 atom stereocenters. The van der Waals surface area contributed by atoms with Crippen LogP contribution in [0.2, 0.25) is 0 Å². The van der Waals surface area contributed by atoms with Crippen LogP contribution in [0.3, 0.4) is 0 Å². The number of sulfone groups is 1. The van der Waals surface area contributed by atoms with Crippen LogP contribution in [0.25, 0.3) is 0 Å². The van der Waals surface area contributed by atoms with Gasteiger partial charge in [-0.15, -0.1) is 0 Å². The van der Waals surface area contributed by atoms with Crippen molar-refractivity contribution in [2.75, 3.05) is 37.0 Å². The van der Waals surface area contributed by atoms with Gasteiger partial charge >= 0.3 is 0 Å². The van der Waals surface area contributed by atoms with Gasteiger partial charge in [0.05, 0.1) is 24.1 Å². The summed E-state index contributed by atoms with van der Waals surface area (Å²) in [6, 6.07) is 4.03. The first-order valence-corrected chi connectivity index (χ1v) is 10.9. The van der Waals surface area contributed by atoms with Gasteiger partial charge in [-0.2, -0.15) is 0 Å². The van der Waals surface area contributed by atoms with Crippen LogP contribution in [-0.4, -0.2) is 57.4 Å². The summed E-state index contributed by atoms with van der Waals surface area (Å²) in [7, 11) is -1.31. The van der Waals surface area contributed by atoms with E-state index in [1.165, 1.54) is 0 Å². The molecule has 1 aliphatic heterocycles. The maximum atomic E-state index is 12.3. The lowest BCUT2D eigenvalue weighted by Crippen LogP contribution is -3.11. The number of anilines is 1. The molecule has 1 unspecified atom stereocenters. The van der Waals surface area contributed by atoms with Crippen molar-refractivity contribution in [3.63, 3.8) is 0 Å². The minimum atomic E-state index is -3.08. The molecule has 1 aromatic rings. The van der Waals surface area contributed by atoms with Gasteiger partial charge in [-0.05, 0) is 45.2 Å². The highest BCUT2D eigenvalue weighted by Gasteiger charge is 2.39. The van der Waals surface area contributed by atoms with Gasteiger partial charge in [-0.3, -0.25) is 9.59 Å². The van der Waals surface area contributed by atoms with Crippen molar-refractivity contribution < 1.29 is 22.9 Å². The summed E-state index contributed by atoms with van der Waals surface area (Å²) in [4.78, 5) is 25.3. The van der Waals surface area contributed by atoms with Crippen LogP contribution in [-0.2, 0) is 19.4 Å². The number of hydrogen-bond acceptors (Lipinski definition) is 4. The molecule has 0 aliphatic carbocycles. The summed E-state index contributed by atoms with van der Waals surface area (Å²) >= 11 is 0. The molecule has 2 rings (SSSR count). The fourth-order valence-electron chi connectivity index (χ4n) is 3.66. The number of quaternary nitrogens is 1. The van der Waals surface area contributed by atoms with E-state index < -0.39 is 15.4 Å². The van der Waals surface area contributed by atoms with Gasteiger partial charge in [0.2, 0.25) is 0 Å². The van der Waals surface area contributed by atoms with Crippen molar-refractivity contribution in [1.82, 2.24) is 5.32 Å². The van der Waals surface area contributed by atoms with E-state index in [-0.39, 0.29) is 36.4 Å². The first kappa shape index (κ1) is 21.4. The molecule has 0 aromatic heterocycles. The number of amides is 2. The second-order valence-electron chi connectivity index (χ2n) is 8.08. The molecular weight excluding hydrogens is 366 g/mol. The van der Waals surface area contributed by atoms with Gasteiger partial charge in [0, 0.05) is 5.69 Å². The van der Waals surface area contributed by atoms with E-state index in [0.29, 0.717) is 6.42 Å². The molecule has 1 aromatic carbocycles. The molecule has 3 N–H and O–H groups in total. The van der Waals surface area contributed by atoms with E-state index in [2.05, 4.69) is 10.6 Å². The quantitative estimate of drug-likeness (QED) is 0.618. The Morgan fingerprint density at radius 1 is 1.11 bits per heavy atom. The average molecular weight is 397 g/mol. The topological polar surface area (TPSA) is 96.8 Å². The maximum Gasteiger partial charge on any atom is 0.279 e. The largest absolute Gasteiger partial charge is 0.345 e. The Labute approximate surface area is 161 Å². The van der Waals surface area contributed by atoms with Crippen molar-refractivity contribution in [1.29, 1.82) is 0 Å². The fraction of sp³-hybridized carbons (Fsp3) is 0.579. The van der Waals surface area contributed by atoms with Gasteiger partial charge in [0.1, 0.15) is 0 Å². The minimum Gasteiger partial charge on any atom is -0.345 e. The van der Waals surface area contributed by atoms with Crippen molar-refractivity contribution in [3.8, 4) is 0 Å². The Hall–Kier alpha value is -1.93. The van der Waals surface area contributed by atoms with Crippen LogP contribution in [0.15, 0.2) is 12.1 Å². The van der Waals surface area contributed by atoms with Crippen molar-refractivity contribution in [2.24, 2.45) is 0 Å². The molecule has 0 radical (unpaired) electrons. The summed E-state index contributed by atoms with van der Waals surface area (Å²) in [5, 5.41) is 5.75. The van der Waals surface area contributed by atoms with Crippen LogP contribution in [0.1, 0.15) is 30.0 Å². The lowest BCUT2D eigenvalue weighted by molar-refractivity contribution is -0.862. The molecule has 150 valence electrons. The number of benzene rings is 1. The van der Waals surface area contributed by atoms with Gasteiger partial charge in [-0.25, -0.2) is 8.42 Å². The molecule has 1 saturated heterocycles. The Bertz CT molecular complexity index is 828. The molecule has 1 aliphatic rings. The van der Waals surface area contributed by atoms with E-state index in [1.807, 2.05) is 32.9 Å². The molecule has 7 nitrogen and oxygen atoms in total. The molecule has 0 saturated carbocycles. The summed E-state index contributed by atoms with van der Waals surface area (Å²) in [5.74, 6) is -0.339. The lowest BCUT2D eigenvalue weighted by atomic mass is 10.0. The molecule has 27 heavy (non-hydrogen) atoms. The zero-order valence-electron chi connectivity index (χ0n) is 16.7. The number of rotatable bonds is 6. The summed E-state index contributed by atoms with van der Waals surface area (Å²) in [6.07, 6.45) is 0.423. The normalized spacial score (nSPS) is 22.3. The molecule has 1 fully saturated rings. The van der Waals surface area contributed by atoms with Gasteiger partial charge in [0.25, 0.3) is 11.8 Å².